The molecule has 0 aliphatic carbocycles. The van der Waals surface area contributed by atoms with Crippen LogP contribution in [0.1, 0.15) is 0 Å². The van der Waals surface area contributed by atoms with Gasteiger partial charge in [0, 0.05) is 12.1 Å². The van der Waals surface area contributed by atoms with Gasteiger partial charge in [0.05, 0.1) is 4.92 Å². The molecule has 0 fully saturated rings. The summed E-state index contributed by atoms with van der Waals surface area (Å²) in [5.74, 6) is -0.543. The lowest BCUT2D eigenvalue weighted by molar-refractivity contribution is -0.390. The van der Waals surface area contributed by atoms with Crippen molar-refractivity contribution in [2.24, 2.45) is 0 Å². The van der Waals surface area contributed by atoms with Gasteiger partial charge in [-0.25, -0.2) is 4.98 Å². The summed E-state index contributed by atoms with van der Waals surface area (Å²) < 4.78 is 5.17. The third kappa shape index (κ3) is 2.77. The smallest absolute Gasteiger partial charge is 0.406 e. The molecule has 0 spiro atoms. The first-order valence-corrected chi connectivity index (χ1v) is 4.95. The Kier molecular flexibility index (Phi) is 3.28. The fraction of sp³-hybridized carbons (Fsp3) is 0. The number of ether oxygens (including phenoxy) is 1. The summed E-state index contributed by atoms with van der Waals surface area (Å²) in [6.07, 6.45) is 2.26. The highest BCUT2D eigenvalue weighted by atomic mass is 16.6. The number of hydrogen-bond acceptors (Lipinski definition) is 7. The van der Waals surface area contributed by atoms with Crippen LogP contribution in [-0.4, -0.2) is 19.8 Å². The van der Waals surface area contributed by atoms with E-state index in [4.69, 9.17) is 4.74 Å². The van der Waals surface area contributed by atoms with Crippen molar-refractivity contribution in [1.82, 2.24) is 9.97 Å². The first-order chi connectivity index (χ1) is 9.08. The van der Waals surface area contributed by atoms with E-state index < -0.39 is 15.7 Å². The standard InChI is InChI=1S/C10H6N4O5/c15-13(16)7-3-4-9(12-6-7)19-8-2-1-5-11-10(8)14(17)18/h1-6H. The second-order valence-corrected chi connectivity index (χ2v) is 3.30. The van der Waals surface area contributed by atoms with Crippen LogP contribution >= 0.6 is 0 Å². The van der Waals surface area contributed by atoms with Crippen LogP contribution in [0.15, 0.2) is 36.7 Å². The third-order valence-electron chi connectivity index (χ3n) is 2.07. The van der Waals surface area contributed by atoms with E-state index in [1.807, 2.05) is 0 Å². The molecule has 96 valence electrons. The van der Waals surface area contributed by atoms with Gasteiger partial charge in [0.25, 0.3) is 5.69 Å². The summed E-state index contributed by atoms with van der Waals surface area (Å²) in [5, 5.41) is 21.1. The lowest BCUT2D eigenvalue weighted by Gasteiger charge is -2.03. The van der Waals surface area contributed by atoms with Gasteiger partial charge in [0.1, 0.15) is 12.4 Å². The second kappa shape index (κ2) is 5.04. The maximum atomic E-state index is 10.7. The van der Waals surface area contributed by atoms with Crippen molar-refractivity contribution in [2.75, 3.05) is 0 Å². The number of hydrogen-bond donors (Lipinski definition) is 0. The molecule has 0 amide bonds. The Balaban J connectivity index is 2.26. The minimum Gasteiger partial charge on any atom is -0.430 e. The van der Waals surface area contributed by atoms with Gasteiger partial charge in [-0.2, -0.15) is 0 Å². The zero-order chi connectivity index (χ0) is 13.8. The fourth-order valence-electron chi connectivity index (χ4n) is 1.25. The average molecular weight is 262 g/mol. The van der Waals surface area contributed by atoms with Crippen molar-refractivity contribution in [3.8, 4) is 11.6 Å². The molecular formula is C10H6N4O5. The maximum absolute atomic E-state index is 10.7. The van der Waals surface area contributed by atoms with Gasteiger partial charge in [-0.15, -0.1) is 0 Å². The minimum absolute atomic E-state index is 0.00157. The van der Waals surface area contributed by atoms with Crippen LogP contribution < -0.4 is 4.74 Å². The molecule has 9 nitrogen and oxygen atoms in total. The van der Waals surface area contributed by atoms with Gasteiger partial charge >= 0.3 is 5.82 Å². The van der Waals surface area contributed by atoms with E-state index in [-0.39, 0.29) is 17.3 Å². The van der Waals surface area contributed by atoms with E-state index in [9.17, 15) is 20.2 Å². The van der Waals surface area contributed by atoms with Crippen molar-refractivity contribution >= 4 is 11.5 Å². The molecule has 2 rings (SSSR count). The van der Waals surface area contributed by atoms with Crippen LogP contribution in [0.4, 0.5) is 11.5 Å². The minimum atomic E-state index is -0.694. The molecule has 2 aromatic heterocycles. The molecule has 2 aromatic rings. The quantitative estimate of drug-likeness (QED) is 0.610. The molecule has 0 aliphatic rings. The molecule has 0 atom stereocenters. The first kappa shape index (κ1) is 12.4. The molecule has 0 saturated carbocycles. The highest BCUT2D eigenvalue weighted by molar-refractivity contribution is 5.41. The summed E-state index contributed by atoms with van der Waals surface area (Å²) in [4.78, 5) is 27.1. The Hall–Kier alpha value is -3.10. The highest BCUT2D eigenvalue weighted by Gasteiger charge is 2.17. The van der Waals surface area contributed by atoms with Crippen molar-refractivity contribution in [1.29, 1.82) is 0 Å². The van der Waals surface area contributed by atoms with E-state index >= 15 is 0 Å². The van der Waals surface area contributed by atoms with Crippen molar-refractivity contribution in [2.45, 2.75) is 0 Å². The van der Waals surface area contributed by atoms with Gasteiger partial charge in [-0.3, -0.25) is 10.1 Å². The van der Waals surface area contributed by atoms with E-state index in [2.05, 4.69) is 9.97 Å². The molecule has 0 N–H and O–H groups in total. The van der Waals surface area contributed by atoms with Crippen LogP contribution in [0.25, 0.3) is 0 Å². The average Bonchev–Trinajstić information content (AvgIpc) is 2.39. The van der Waals surface area contributed by atoms with Gasteiger partial charge in [-0.1, -0.05) is 0 Å². The first-order valence-electron chi connectivity index (χ1n) is 4.95. The third-order valence-corrected chi connectivity index (χ3v) is 2.07. The van der Waals surface area contributed by atoms with Crippen molar-refractivity contribution < 1.29 is 14.6 Å². The molecule has 0 aromatic carbocycles. The molecule has 9 heteroatoms. The highest BCUT2D eigenvalue weighted by Crippen LogP contribution is 2.28. The number of rotatable bonds is 4. The van der Waals surface area contributed by atoms with Gasteiger partial charge in [0.2, 0.25) is 11.6 Å². The number of aromatic nitrogens is 2. The molecule has 0 saturated heterocycles. The Labute approximate surface area is 105 Å². The lowest BCUT2D eigenvalue weighted by atomic mass is 10.4. The zero-order valence-electron chi connectivity index (χ0n) is 9.29. The van der Waals surface area contributed by atoms with E-state index in [0.29, 0.717) is 0 Å². The molecule has 19 heavy (non-hydrogen) atoms. The maximum Gasteiger partial charge on any atom is 0.406 e. The number of pyridine rings is 2. The Morgan fingerprint density at radius 2 is 1.84 bits per heavy atom. The summed E-state index contributed by atoms with van der Waals surface area (Å²) in [6, 6.07) is 5.25. The van der Waals surface area contributed by atoms with Crippen LogP contribution in [0, 0.1) is 20.2 Å². The topological polar surface area (TPSA) is 121 Å². The van der Waals surface area contributed by atoms with Gasteiger partial charge in [-0.05, 0) is 22.0 Å². The lowest BCUT2D eigenvalue weighted by Crippen LogP contribution is -1.97. The molecular weight excluding hydrogens is 256 g/mol. The normalized spacial score (nSPS) is 9.89. The molecule has 0 unspecified atom stereocenters. The van der Waals surface area contributed by atoms with E-state index in [1.165, 1.54) is 30.5 Å². The number of nitro groups is 2. The number of nitrogens with zero attached hydrogens (tertiary/aromatic N) is 4. The zero-order valence-corrected chi connectivity index (χ0v) is 9.29. The predicted octanol–water partition coefficient (Wildman–Crippen LogP) is 2.09. The predicted molar refractivity (Wildman–Crippen MR) is 61.9 cm³/mol. The Bertz CT molecular complexity index is 628. The van der Waals surface area contributed by atoms with Crippen LogP contribution in [0.2, 0.25) is 0 Å². The van der Waals surface area contributed by atoms with Crippen molar-refractivity contribution in [3.05, 3.63) is 56.9 Å². The summed E-state index contributed by atoms with van der Waals surface area (Å²) >= 11 is 0. The van der Waals surface area contributed by atoms with E-state index in [1.54, 1.807) is 0 Å². The Morgan fingerprint density at radius 3 is 2.42 bits per heavy atom. The van der Waals surface area contributed by atoms with Gasteiger partial charge < -0.3 is 14.9 Å². The van der Waals surface area contributed by atoms with Crippen LogP contribution in [0.3, 0.4) is 0 Å². The SMILES string of the molecule is O=[N+]([O-])c1ccc(Oc2cccnc2[N+](=O)[O-])nc1. The summed E-state index contributed by atoms with van der Waals surface area (Å²) in [6.45, 7) is 0. The molecule has 0 radical (unpaired) electrons. The Morgan fingerprint density at radius 1 is 1.05 bits per heavy atom. The van der Waals surface area contributed by atoms with Crippen LogP contribution in [0.5, 0.6) is 11.6 Å². The van der Waals surface area contributed by atoms with E-state index in [0.717, 1.165) is 6.20 Å². The van der Waals surface area contributed by atoms with Crippen LogP contribution in [-0.2, 0) is 0 Å². The fourth-order valence-corrected chi connectivity index (χ4v) is 1.25. The van der Waals surface area contributed by atoms with Gasteiger partial charge in [0.15, 0.2) is 0 Å². The van der Waals surface area contributed by atoms with Crippen molar-refractivity contribution in [3.63, 3.8) is 0 Å². The summed E-state index contributed by atoms with van der Waals surface area (Å²) in [5.41, 5.74) is -0.201. The monoisotopic (exact) mass is 262 g/mol. The second-order valence-electron chi connectivity index (χ2n) is 3.30. The molecule has 2 heterocycles. The molecule has 0 aliphatic heterocycles. The largest absolute Gasteiger partial charge is 0.430 e. The summed E-state index contributed by atoms with van der Waals surface area (Å²) in [7, 11) is 0. The molecule has 0 bridgehead atoms.